The Kier molecular flexibility index (Phi) is 3.82. The van der Waals surface area contributed by atoms with Crippen molar-refractivity contribution in [1.82, 2.24) is 10.2 Å². The molecule has 0 aromatic rings. The normalized spacial score (nSPS) is 25.1. The number of morpholine rings is 1. The molecule has 2 fully saturated rings. The first kappa shape index (κ1) is 12.8. The van der Waals surface area contributed by atoms with Gasteiger partial charge in [-0.25, -0.2) is 0 Å². The van der Waals surface area contributed by atoms with E-state index in [0.29, 0.717) is 13.2 Å². The van der Waals surface area contributed by atoms with Crippen molar-refractivity contribution in [3.05, 3.63) is 0 Å². The minimum Gasteiger partial charge on any atom is -0.377 e. The highest BCUT2D eigenvalue weighted by atomic mass is 16.5. The monoisotopic (exact) mass is 251 g/mol. The predicted octanol–water partition coefficient (Wildman–Crippen LogP) is -0.348. The Hall–Kier alpha value is -1.61. The molecule has 2 unspecified atom stereocenters. The summed E-state index contributed by atoms with van der Waals surface area (Å²) < 4.78 is 5.26. The summed E-state index contributed by atoms with van der Waals surface area (Å²) in [6.45, 7) is 2.54. The highest BCUT2D eigenvalue weighted by molar-refractivity contribution is 5.89. The van der Waals surface area contributed by atoms with Crippen LogP contribution in [0.25, 0.3) is 0 Å². The second-order valence-electron chi connectivity index (χ2n) is 4.76. The summed E-state index contributed by atoms with van der Waals surface area (Å²) in [4.78, 5) is 25.5. The first-order valence-corrected chi connectivity index (χ1v) is 6.21. The Bertz CT molecular complexity index is 387. The third-order valence-corrected chi connectivity index (χ3v) is 3.20. The second-order valence-corrected chi connectivity index (χ2v) is 4.76. The van der Waals surface area contributed by atoms with Crippen LogP contribution in [0.1, 0.15) is 19.8 Å². The highest BCUT2D eigenvalue weighted by Crippen LogP contribution is 2.20. The van der Waals surface area contributed by atoms with Gasteiger partial charge < -0.3 is 15.0 Å². The number of ether oxygens (including phenoxy) is 1. The summed E-state index contributed by atoms with van der Waals surface area (Å²) in [5, 5.41) is 11.7. The van der Waals surface area contributed by atoms with Crippen molar-refractivity contribution in [3.63, 3.8) is 0 Å². The van der Waals surface area contributed by atoms with Gasteiger partial charge in [0.15, 0.2) is 0 Å². The number of nitrogens with zero attached hydrogens (tertiary/aromatic N) is 2. The minimum atomic E-state index is -0.723. The molecule has 0 radical (unpaired) electrons. The van der Waals surface area contributed by atoms with Crippen LogP contribution in [0.4, 0.5) is 0 Å². The number of nitriles is 1. The Balaban J connectivity index is 2.02. The van der Waals surface area contributed by atoms with E-state index in [1.54, 1.807) is 6.92 Å². The van der Waals surface area contributed by atoms with Gasteiger partial charge in [0.05, 0.1) is 19.3 Å². The lowest BCUT2D eigenvalue weighted by molar-refractivity contribution is -0.150. The van der Waals surface area contributed by atoms with Gasteiger partial charge in [0.25, 0.3) is 0 Å². The Morgan fingerprint density at radius 2 is 2.22 bits per heavy atom. The summed E-state index contributed by atoms with van der Waals surface area (Å²) in [6.07, 6.45) is 2.00. The molecule has 1 aliphatic carbocycles. The van der Waals surface area contributed by atoms with E-state index in [-0.39, 0.29) is 24.5 Å². The molecule has 1 heterocycles. The molecule has 2 aliphatic rings. The molecule has 1 aliphatic heterocycles. The lowest BCUT2D eigenvalue weighted by Gasteiger charge is -2.35. The Morgan fingerprint density at radius 3 is 2.83 bits per heavy atom. The smallest absolute Gasteiger partial charge is 0.245 e. The molecule has 2 amide bonds. The summed E-state index contributed by atoms with van der Waals surface area (Å²) in [7, 11) is 0. The van der Waals surface area contributed by atoms with Gasteiger partial charge in [-0.2, -0.15) is 5.26 Å². The molecule has 2 atom stereocenters. The topological polar surface area (TPSA) is 82.4 Å². The van der Waals surface area contributed by atoms with Gasteiger partial charge in [-0.15, -0.1) is 0 Å². The van der Waals surface area contributed by atoms with Gasteiger partial charge >= 0.3 is 0 Å². The molecule has 98 valence electrons. The first-order chi connectivity index (χ1) is 8.63. The molecule has 2 rings (SSSR count). The number of nitrogens with one attached hydrogen (secondary N) is 1. The highest BCUT2D eigenvalue weighted by Gasteiger charge is 2.36. The van der Waals surface area contributed by atoms with E-state index >= 15 is 0 Å². The van der Waals surface area contributed by atoms with E-state index in [1.165, 1.54) is 4.90 Å². The average Bonchev–Trinajstić information content (AvgIpc) is 3.20. The van der Waals surface area contributed by atoms with Crippen LogP contribution in [0.2, 0.25) is 0 Å². The maximum atomic E-state index is 12.0. The van der Waals surface area contributed by atoms with Gasteiger partial charge in [-0.05, 0) is 19.8 Å². The molecule has 6 heteroatoms. The van der Waals surface area contributed by atoms with Gasteiger partial charge in [0.2, 0.25) is 11.8 Å². The van der Waals surface area contributed by atoms with Crippen molar-refractivity contribution < 1.29 is 14.3 Å². The van der Waals surface area contributed by atoms with Crippen LogP contribution in [0.15, 0.2) is 0 Å². The summed E-state index contributed by atoms with van der Waals surface area (Å²) >= 11 is 0. The van der Waals surface area contributed by atoms with Gasteiger partial charge in [0.1, 0.15) is 12.0 Å². The van der Waals surface area contributed by atoms with Crippen LogP contribution in [-0.2, 0) is 14.3 Å². The molecule has 18 heavy (non-hydrogen) atoms. The fourth-order valence-electron chi connectivity index (χ4n) is 1.91. The quantitative estimate of drug-likeness (QED) is 0.743. The van der Waals surface area contributed by atoms with Crippen molar-refractivity contribution in [2.75, 3.05) is 19.8 Å². The third kappa shape index (κ3) is 2.79. The number of hydrogen-bond acceptors (Lipinski definition) is 4. The molecule has 1 saturated heterocycles. The predicted molar refractivity (Wildman–Crippen MR) is 62.3 cm³/mol. The fraction of sp³-hybridized carbons (Fsp3) is 0.750. The summed E-state index contributed by atoms with van der Waals surface area (Å²) in [6, 6.07) is 1.57. The molecule has 0 spiro atoms. The van der Waals surface area contributed by atoms with Crippen LogP contribution >= 0.6 is 0 Å². The number of amides is 2. The van der Waals surface area contributed by atoms with Crippen LogP contribution < -0.4 is 5.32 Å². The number of rotatable bonds is 3. The molecular weight excluding hydrogens is 234 g/mol. The fourth-order valence-corrected chi connectivity index (χ4v) is 1.91. The van der Waals surface area contributed by atoms with Crippen molar-refractivity contribution in [2.45, 2.75) is 31.8 Å². The second kappa shape index (κ2) is 5.36. The third-order valence-electron chi connectivity index (χ3n) is 3.20. The lowest BCUT2D eigenvalue weighted by atomic mass is 10.1. The zero-order chi connectivity index (χ0) is 13.1. The maximum absolute atomic E-state index is 12.0. The van der Waals surface area contributed by atoms with E-state index in [1.807, 2.05) is 6.07 Å². The van der Waals surface area contributed by atoms with Gasteiger partial charge in [0, 0.05) is 12.6 Å². The molecule has 0 aromatic heterocycles. The van der Waals surface area contributed by atoms with Crippen LogP contribution in [0, 0.1) is 17.2 Å². The number of carbonyl (C=O) groups is 2. The molecule has 0 bridgehead atoms. The van der Waals surface area contributed by atoms with Crippen molar-refractivity contribution in [1.29, 1.82) is 5.26 Å². The summed E-state index contributed by atoms with van der Waals surface area (Å²) in [5.41, 5.74) is 0. The van der Waals surface area contributed by atoms with Crippen LogP contribution in [-0.4, -0.2) is 48.6 Å². The van der Waals surface area contributed by atoms with Gasteiger partial charge in [-0.3, -0.25) is 9.59 Å². The van der Waals surface area contributed by atoms with Crippen molar-refractivity contribution >= 4 is 11.8 Å². The van der Waals surface area contributed by atoms with E-state index in [9.17, 15) is 9.59 Å². The van der Waals surface area contributed by atoms with E-state index in [0.717, 1.165) is 12.8 Å². The van der Waals surface area contributed by atoms with Crippen molar-refractivity contribution in [3.8, 4) is 6.07 Å². The average molecular weight is 251 g/mol. The van der Waals surface area contributed by atoms with E-state index in [4.69, 9.17) is 10.00 Å². The molecular formula is C12H17N3O3. The molecule has 0 aromatic carbocycles. The standard InChI is InChI=1S/C12H17N3O3/c1-8(6-13)12(17)15-4-5-18-7-10(15)11(16)14-9-2-3-9/h8-10H,2-5,7H2,1H3,(H,14,16). The molecule has 6 nitrogen and oxygen atoms in total. The Morgan fingerprint density at radius 1 is 1.50 bits per heavy atom. The van der Waals surface area contributed by atoms with Crippen LogP contribution in [0.3, 0.4) is 0 Å². The number of hydrogen-bond donors (Lipinski definition) is 1. The van der Waals surface area contributed by atoms with E-state index < -0.39 is 12.0 Å². The Labute approximate surface area is 106 Å². The van der Waals surface area contributed by atoms with Gasteiger partial charge in [-0.1, -0.05) is 0 Å². The largest absolute Gasteiger partial charge is 0.377 e. The zero-order valence-electron chi connectivity index (χ0n) is 10.4. The zero-order valence-corrected chi connectivity index (χ0v) is 10.4. The maximum Gasteiger partial charge on any atom is 0.245 e. The number of carbonyl (C=O) groups excluding carboxylic acids is 2. The van der Waals surface area contributed by atoms with Crippen LogP contribution in [0.5, 0.6) is 0 Å². The molecule has 1 N–H and O–H groups in total. The van der Waals surface area contributed by atoms with Crippen molar-refractivity contribution in [2.24, 2.45) is 5.92 Å². The summed E-state index contributed by atoms with van der Waals surface area (Å²) in [5.74, 6) is -1.19. The SMILES string of the molecule is CC(C#N)C(=O)N1CCOCC1C(=O)NC1CC1. The first-order valence-electron chi connectivity index (χ1n) is 6.21. The van der Waals surface area contributed by atoms with E-state index in [2.05, 4.69) is 5.32 Å². The molecule has 1 saturated carbocycles. The minimum absolute atomic E-state index is 0.171. The lowest BCUT2D eigenvalue weighted by Crippen LogP contribution is -2.57.